The lowest BCUT2D eigenvalue weighted by Crippen LogP contribution is -2.16. The second-order valence-corrected chi connectivity index (χ2v) is 8.39. The van der Waals surface area contributed by atoms with Crippen molar-refractivity contribution in [3.63, 3.8) is 0 Å². The van der Waals surface area contributed by atoms with Gasteiger partial charge in [0.15, 0.2) is 11.0 Å². The van der Waals surface area contributed by atoms with Crippen LogP contribution in [0.2, 0.25) is 5.15 Å². The number of carbonyl (C=O) groups is 1. The number of aromatic nitrogens is 4. The number of sulfonamides is 1. The fourth-order valence-corrected chi connectivity index (χ4v) is 3.71. The molecule has 0 fully saturated rings. The highest BCUT2D eigenvalue weighted by Gasteiger charge is 2.15. The Kier molecular flexibility index (Phi) is 6.14. The van der Waals surface area contributed by atoms with Gasteiger partial charge < -0.3 is 5.32 Å². The van der Waals surface area contributed by atoms with Crippen LogP contribution in [-0.2, 0) is 21.4 Å². The zero-order valence-electron chi connectivity index (χ0n) is 15.8. The van der Waals surface area contributed by atoms with E-state index in [2.05, 4.69) is 25.3 Å². The summed E-state index contributed by atoms with van der Waals surface area (Å²) in [5, 5.41) is 14.5. The summed E-state index contributed by atoms with van der Waals surface area (Å²) in [7, 11) is -3.84. The third-order valence-electron chi connectivity index (χ3n) is 3.97. The summed E-state index contributed by atoms with van der Waals surface area (Å²) in [4.78, 5) is 12.2. The molecule has 0 aliphatic rings. The van der Waals surface area contributed by atoms with Crippen LogP contribution in [-0.4, -0.2) is 34.3 Å². The van der Waals surface area contributed by atoms with Crippen LogP contribution in [0.25, 0.3) is 0 Å². The van der Waals surface area contributed by atoms with Crippen molar-refractivity contribution in [1.29, 1.82) is 0 Å². The molecule has 0 aliphatic carbocycles. The van der Waals surface area contributed by atoms with Gasteiger partial charge in [-0.05, 0) is 56.3 Å². The maximum atomic E-state index is 12.4. The van der Waals surface area contributed by atoms with Gasteiger partial charge in [-0.15, -0.1) is 10.2 Å². The highest BCUT2D eigenvalue weighted by Crippen LogP contribution is 2.18. The lowest BCUT2D eigenvalue weighted by molar-refractivity contribution is -0.116. The van der Waals surface area contributed by atoms with Crippen LogP contribution in [0, 0.1) is 13.8 Å². The quantitative estimate of drug-likeness (QED) is 0.590. The molecule has 0 saturated carbocycles. The Morgan fingerprint density at radius 3 is 2.41 bits per heavy atom. The van der Waals surface area contributed by atoms with Gasteiger partial charge in [0.2, 0.25) is 5.91 Å². The van der Waals surface area contributed by atoms with Gasteiger partial charge in [-0.3, -0.25) is 14.2 Å². The summed E-state index contributed by atoms with van der Waals surface area (Å²) in [5.41, 5.74) is 2.38. The normalized spacial score (nSPS) is 11.3. The largest absolute Gasteiger partial charge is 0.326 e. The van der Waals surface area contributed by atoms with Crippen LogP contribution in [0.1, 0.15) is 17.8 Å². The fourth-order valence-electron chi connectivity index (χ4n) is 2.62. The van der Waals surface area contributed by atoms with Gasteiger partial charge in [0.1, 0.15) is 0 Å². The first-order valence-electron chi connectivity index (χ1n) is 8.66. The molecule has 1 aromatic carbocycles. The molecule has 3 aromatic rings. The molecule has 29 heavy (non-hydrogen) atoms. The van der Waals surface area contributed by atoms with Gasteiger partial charge in [0, 0.05) is 24.3 Å². The number of amides is 1. The molecule has 3 rings (SSSR count). The van der Waals surface area contributed by atoms with Crippen LogP contribution >= 0.6 is 11.6 Å². The third kappa shape index (κ3) is 5.52. The standard InChI is InChI=1S/C18H19ClN6O3S/c1-12-11-13(2)25(23-12)10-9-18(26)20-14-3-5-15(6-4-14)29(27,28)24-17-8-7-16(19)21-22-17/h3-8,11H,9-10H2,1-2H3,(H,20,26)(H,22,24). The maximum absolute atomic E-state index is 12.4. The first kappa shape index (κ1) is 20.7. The van der Waals surface area contributed by atoms with Crippen molar-refractivity contribution in [2.45, 2.75) is 31.7 Å². The monoisotopic (exact) mass is 434 g/mol. The molecular formula is C18H19ClN6O3S. The van der Waals surface area contributed by atoms with Crippen LogP contribution in [0.5, 0.6) is 0 Å². The summed E-state index contributed by atoms with van der Waals surface area (Å²) >= 11 is 5.63. The summed E-state index contributed by atoms with van der Waals surface area (Å²) in [6, 6.07) is 10.6. The van der Waals surface area contributed by atoms with Gasteiger partial charge in [-0.1, -0.05) is 11.6 Å². The third-order valence-corrected chi connectivity index (χ3v) is 5.55. The van der Waals surface area contributed by atoms with E-state index in [1.807, 2.05) is 19.9 Å². The van der Waals surface area contributed by atoms with Crippen LogP contribution in [0.4, 0.5) is 11.5 Å². The van der Waals surface area contributed by atoms with E-state index < -0.39 is 10.0 Å². The molecule has 0 spiro atoms. The van der Waals surface area contributed by atoms with Crippen molar-refractivity contribution in [1.82, 2.24) is 20.0 Å². The van der Waals surface area contributed by atoms with E-state index in [0.717, 1.165) is 11.4 Å². The number of nitrogens with zero attached hydrogens (tertiary/aromatic N) is 4. The van der Waals surface area contributed by atoms with E-state index in [-0.39, 0.29) is 28.2 Å². The van der Waals surface area contributed by atoms with Gasteiger partial charge in [-0.25, -0.2) is 8.42 Å². The Morgan fingerprint density at radius 1 is 1.10 bits per heavy atom. The van der Waals surface area contributed by atoms with E-state index in [9.17, 15) is 13.2 Å². The van der Waals surface area contributed by atoms with E-state index in [4.69, 9.17) is 11.6 Å². The van der Waals surface area contributed by atoms with Gasteiger partial charge >= 0.3 is 0 Å². The molecule has 1 amide bonds. The van der Waals surface area contributed by atoms with E-state index in [0.29, 0.717) is 12.2 Å². The first-order chi connectivity index (χ1) is 13.7. The molecule has 0 bridgehead atoms. The Labute approximate surface area is 173 Å². The Bertz CT molecular complexity index is 1110. The van der Waals surface area contributed by atoms with Crippen molar-refractivity contribution in [2.24, 2.45) is 0 Å². The van der Waals surface area contributed by atoms with Crippen molar-refractivity contribution in [3.8, 4) is 0 Å². The molecule has 0 radical (unpaired) electrons. The number of hydrogen-bond acceptors (Lipinski definition) is 6. The van der Waals surface area contributed by atoms with Crippen LogP contribution in [0.15, 0.2) is 47.4 Å². The minimum Gasteiger partial charge on any atom is -0.326 e. The molecule has 0 atom stereocenters. The van der Waals surface area contributed by atoms with Crippen molar-refractivity contribution < 1.29 is 13.2 Å². The number of halogens is 1. The summed E-state index contributed by atoms with van der Waals surface area (Å²) in [5.74, 6) is -0.140. The zero-order chi connectivity index (χ0) is 21.0. The molecule has 2 aromatic heterocycles. The highest BCUT2D eigenvalue weighted by molar-refractivity contribution is 7.92. The van der Waals surface area contributed by atoms with E-state index >= 15 is 0 Å². The predicted octanol–water partition coefficient (Wildman–Crippen LogP) is 2.77. The molecule has 152 valence electrons. The SMILES string of the molecule is Cc1cc(C)n(CCC(=O)Nc2ccc(S(=O)(=O)Nc3ccc(Cl)nn3)cc2)n1. The van der Waals surface area contributed by atoms with Crippen molar-refractivity contribution in [3.05, 3.63) is 59.0 Å². The van der Waals surface area contributed by atoms with Gasteiger partial charge in [-0.2, -0.15) is 5.10 Å². The van der Waals surface area contributed by atoms with Crippen molar-refractivity contribution in [2.75, 3.05) is 10.0 Å². The summed E-state index contributed by atoms with van der Waals surface area (Å²) < 4.78 is 28.9. The number of benzene rings is 1. The average molecular weight is 435 g/mol. The van der Waals surface area contributed by atoms with Crippen molar-refractivity contribution >= 4 is 39.0 Å². The highest BCUT2D eigenvalue weighted by atomic mass is 35.5. The molecule has 2 heterocycles. The van der Waals surface area contributed by atoms with Crippen LogP contribution in [0.3, 0.4) is 0 Å². The molecule has 2 N–H and O–H groups in total. The number of carbonyl (C=O) groups excluding carboxylic acids is 1. The average Bonchev–Trinajstić information content (AvgIpc) is 2.99. The predicted molar refractivity (Wildman–Crippen MR) is 109 cm³/mol. The smallest absolute Gasteiger partial charge is 0.263 e. The van der Waals surface area contributed by atoms with Gasteiger partial charge in [0.05, 0.1) is 10.6 Å². The molecular weight excluding hydrogens is 416 g/mol. The number of nitrogens with one attached hydrogen (secondary N) is 2. The van der Waals surface area contributed by atoms with Gasteiger partial charge in [0.25, 0.3) is 10.0 Å². The second-order valence-electron chi connectivity index (χ2n) is 6.32. The fraction of sp³-hybridized carbons (Fsp3) is 0.222. The number of anilines is 2. The number of hydrogen-bond donors (Lipinski definition) is 2. The lowest BCUT2D eigenvalue weighted by Gasteiger charge is -2.09. The Morgan fingerprint density at radius 2 is 1.83 bits per heavy atom. The van der Waals surface area contributed by atoms with E-state index in [1.54, 1.807) is 4.68 Å². The zero-order valence-corrected chi connectivity index (χ0v) is 17.3. The topological polar surface area (TPSA) is 119 Å². The molecule has 11 heteroatoms. The lowest BCUT2D eigenvalue weighted by atomic mass is 10.3. The summed E-state index contributed by atoms with van der Waals surface area (Å²) in [6.07, 6.45) is 0.249. The molecule has 9 nitrogen and oxygen atoms in total. The number of aryl methyl sites for hydroxylation is 3. The first-order valence-corrected chi connectivity index (χ1v) is 10.5. The molecule has 0 unspecified atom stereocenters. The minimum absolute atomic E-state index is 0.0230. The Balaban J connectivity index is 1.59. The Hall–Kier alpha value is -2.98. The minimum atomic E-state index is -3.84. The maximum Gasteiger partial charge on any atom is 0.263 e. The molecule has 0 aliphatic heterocycles. The molecule has 0 saturated heterocycles. The van der Waals surface area contributed by atoms with E-state index in [1.165, 1.54) is 36.4 Å². The summed E-state index contributed by atoms with van der Waals surface area (Å²) in [6.45, 7) is 4.29. The number of rotatable bonds is 7. The second kappa shape index (κ2) is 8.58. The van der Waals surface area contributed by atoms with Crippen LogP contribution < -0.4 is 10.0 Å².